The van der Waals surface area contributed by atoms with Gasteiger partial charge >= 0.3 is 95.9 Å². The number of carbonyl (C=O) groups excluding carboxylic acids is 1. The number of rotatable bonds is 2. The summed E-state index contributed by atoms with van der Waals surface area (Å²) in [6, 6.07) is 3.17. The Bertz CT molecular complexity index is 504. The van der Waals surface area contributed by atoms with Crippen molar-refractivity contribution < 1.29 is 42.0 Å². The third kappa shape index (κ3) is 12.6. The van der Waals surface area contributed by atoms with E-state index >= 15 is 0 Å². The topological polar surface area (TPSA) is 86.7 Å². The molecule has 0 aliphatic rings. The molecule has 0 aliphatic carbocycles. The van der Waals surface area contributed by atoms with E-state index in [2.05, 4.69) is 6.58 Å². The van der Waals surface area contributed by atoms with Crippen LogP contribution in [0.25, 0.3) is 0 Å². The van der Waals surface area contributed by atoms with Gasteiger partial charge in [-0.3, -0.25) is 0 Å². The van der Waals surface area contributed by atoms with Crippen LogP contribution in [0.3, 0.4) is 0 Å². The van der Waals surface area contributed by atoms with Gasteiger partial charge in [0.2, 0.25) is 0 Å². The molecule has 0 atom stereocenters. The molecule has 1 N–H and O–H groups in total. The molecule has 1 rings (SSSR count). The van der Waals surface area contributed by atoms with Gasteiger partial charge in [0, 0.05) is 11.5 Å². The van der Waals surface area contributed by atoms with Gasteiger partial charge in [0.25, 0.3) is 0 Å². The van der Waals surface area contributed by atoms with Crippen molar-refractivity contribution in [2.24, 2.45) is 0 Å². The second-order valence-electron chi connectivity index (χ2n) is 3.42. The van der Waals surface area contributed by atoms with Gasteiger partial charge in [0.05, 0.1) is 0 Å². The number of carbonyl (C=O) groups is 2. The minimum atomic E-state index is -1.08. The molecule has 0 amide bonds. The summed E-state index contributed by atoms with van der Waals surface area (Å²) in [5.74, 6) is -1.43. The summed E-state index contributed by atoms with van der Waals surface area (Å²) in [7, 11) is 0. The molecule has 9 heteroatoms. The van der Waals surface area contributed by atoms with Crippen molar-refractivity contribution in [2.45, 2.75) is 13.8 Å². The molecule has 0 unspecified atom stereocenters. The second-order valence-corrected chi connectivity index (χ2v) is 5.25. The summed E-state index contributed by atoms with van der Waals surface area (Å²) >= 11 is 17.8. The molecule has 0 bridgehead atoms. The van der Waals surface area contributed by atoms with Crippen LogP contribution in [0.15, 0.2) is 24.3 Å². The van der Waals surface area contributed by atoms with E-state index in [9.17, 15) is 4.79 Å². The Kier molecular flexibility index (Phi) is 12.6. The third-order valence-electron chi connectivity index (χ3n) is 1.50. The Morgan fingerprint density at radius 2 is 1.52 bits per heavy atom. The van der Waals surface area contributed by atoms with Gasteiger partial charge in [-0.2, -0.15) is 0 Å². The first-order chi connectivity index (χ1) is 9.52. The van der Waals surface area contributed by atoms with Crippen LogP contribution in [0.1, 0.15) is 13.8 Å². The number of carboxylic acid groups (broad SMARTS) is 2. The number of halogens is 3. The van der Waals surface area contributed by atoms with Gasteiger partial charge in [-0.15, -0.1) is 0 Å². The number of hydrogen-bond donors (Lipinski definition) is 1. The summed E-state index contributed by atoms with van der Waals surface area (Å²) in [5.41, 5.74) is 0.176. The fourth-order valence-electron chi connectivity index (χ4n) is 0.615. The van der Waals surface area contributed by atoms with Gasteiger partial charge in [0.1, 0.15) is 0 Å². The van der Waals surface area contributed by atoms with Gasteiger partial charge in [-0.05, 0) is 13.8 Å². The van der Waals surface area contributed by atoms with Gasteiger partial charge in [-0.25, -0.2) is 4.79 Å². The van der Waals surface area contributed by atoms with Crippen molar-refractivity contribution in [3.05, 3.63) is 39.4 Å². The molecule has 112 valence electrons. The molecule has 1 aromatic rings. The third-order valence-corrected chi connectivity index (χ3v) is 3.17. The van der Waals surface area contributed by atoms with Crippen molar-refractivity contribution >= 4 is 46.7 Å². The van der Waals surface area contributed by atoms with E-state index in [4.69, 9.17) is 53.4 Å². The minimum absolute atomic E-state index is 0.176. The molecule has 1 aromatic carbocycles. The monoisotopic (exact) mass is 404 g/mol. The number of aliphatic carboxylic acids is 2. The first-order valence-corrected chi connectivity index (χ1v) is 7.50. The van der Waals surface area contributed by atoms with Crippen LogP contribution in [0.5, 0.6) is 5.75 Å². The average molecular weight is 407 g/mol. The summed E-state index contributed by atoms with van der Waals surface area (Å²) in [4.78, 5) is 18.5. The van der Waals surface area contributed by atoms with Crippen LogP contribution >= 0.6 is 34.8 Å². The summed E-state index contributed by atoms with van der Waals surface area (Å²) < 4.78 is 5.03. The number of hydrogen-bond acceptors (Lipinski definition) is 4. The van der Waals surface area contributed by atoms with Crippen molar-refractivity contribution in [2.75, 3.05) is 0 Å². The fourth-order valence-corrected chi connectivity index (χ4v) is 1.90. The summed E-state index contributed by atoms with van der Waals surface area (Å²) in [6.45, 7) is 5.57. The first-order valence-electron chi connectivity index (χ1n) is 5.15. The van der Waals surface area contributed by atoms with Gasteiger partial charge in [-0.1, -0.05) is 6.58 Å². The molecule has 21 heavy (non-hydrogen) atoms. The zero-order valence-corrected chi connectivity index (χ0v) is 16.5. The molecule has 0 heterocycles. The maximum absolute atomic E-state index is 9.60. The Balaban J connectivity index is 0. The van der Waals surface area contributed by atoms with Crippen LogP contribution in [-0.2, 0) is 28.3 Å². The fraction of sp³-hybridized carbons (Fsp3) is 0.167. The van der Waals surface area contributed by atoms with E-state index in [1.54, 1.807) is 12.1 Å². The maximum atomic E-state index is 9.60. The van der Waals surface area contributed by atoms with E-state index in [0.29, 0.717) is 39.5 Å². The van der Waals surface area contributed by atoms with E-state index in [1.165, 1.54) is 6.92 Å². The van der Waals surface area contributed by atoms with E-state index in [0.717, 1.165) is 6.92 Å². The Morgan fingerprint density at radius 3 is 1.81 bits per heavy atom. The van der Waals surface area contributed by atoms with E-state index in [1.807, 2.05) is 0 Å². The molecule has 0 aliphatic heterocycles. The Hall–Kier alpha value is -0.807. The second kappa shape index (κ2) is 11.8. The molecule has 0 aromatic heterocycles. The van der Waals surface area contributed by atoms with Crippen molar-refractivity contribution in [3.8, 4) is 5.75 Å². The molecule has 0 saturated carbocycles. The Labute approximate surface area is 147 Å². The molecule has 5 nitrogen and oxygen atoms in total. The predicted octanol–water partition coefficient (Wildman–Crippen LogP) is 2.89. The molecular formula is C12H11Cl3O5Zn. The SMILES string of the molecule is C=C(C)C(=O)O.CC(=O)[O-].Clc1cc(Cl)c([O][Zn+])cc1Cl. The van der Waals surface area contributed by atoms with Crippen molar-refractivity contribution in [1.82, 2.24) is 0 Å². The first kappa shape index (κ1) is 22.5. The molecule has 0 fully saturated rings. The van der Waals surface area contributed by atoms with Crippen LogP contribution in [-0.4, -0.2) is 17.0 Å². The van der Waals surface area contributed by atoms with Crippen LogP contribution < -0.4 is 8.67 Å². The molecule has 0 saturated heterocycles. The van der Waals surface area contributed by atoms with Gasteiger partial charge in [0.15, 0.2) is 0 Å². The van der Waals surface area contributed by atoms with Crippen molar-refractivity contribution in [1.29, 1.82) is 0 Å². The number of benzene rings is 1. The normalized spacial score (nSPS) is 8.52. The zero-order valence-electron chi connectivity index (χ0n) is 11.3. The molecule has 0 radical (unpaired) electrons. The zero-order chi connectivity index (χ0) is 17.2. The van der Waals surface area contributed by atoms with Crippen LogP contribution in [0.4, 0.5) is 0 Å². The van der Waals surface area contributed by atoms with Crippen molar-refractivity contribution in [3.63, 3.8) is 0 Å². The predicted molar refractivity (Wildman–Crippen MR) is 75.2 cm³/mol. The molecule has 0 spiro atoms. The van der Waals surface area contributed by atoms with Crippen LogP contribution in [0.2, 0.25) is 15.1 Å². The Morgan fingerprint density at radius 1 is 1.19 bits per heavy atom. The van der Waals surface area contributed by atoms with E-state index in [-0.39, 0.29) is 5.57 Å². The molecular weight excluding hydrogens is 396 g/mol. The van der Waals surface area contributed by atoms with Crippen LogP contribution in [0, 0.1) is 0 Å². The van der Waals surface area contributed by atoms with Gasteiger partial charge < -0.3 is 15.0 Å². The number of carboxylic acids is 2. The quantitative estimate of drug-likeness (QED) is 0.463. The van der Waals surface area contributed by atoms with E-state index < -0.39 is 11.9 Å². The summed E-state index contributed by atoms with van der Waals surface area (Å²) in [6.07, 6.45) is 0. The summed E-state index contributed by atoms with van der Waals surface area (Å²) in [5, 5.41) is 18.2. The average Bonchev–Trinajstić information content (AvgIpc) is 2.33. The standard InChI is InChI=1S/C6H3Cl3O.C4H6O2.C2H4O2.Zn/c7-3-1-5(9)6(10)2-4(3)8;1-3(2)4(5)6;1-2(3)4;/h1-2,10H;1H2,2H3,(H,5,6);1H3,(H,3,4);/q;;;+2/p-2.